The average molecular weight is 1010 g/mol. The molecule has 2 aromatic carbocycles. The topological polar surface area (TPSA) is 316 Å². The van der Waals surface area contributed by atoms with Crippen LogP contribution in [-0.4, -0.2) is 92.0 Å². The summed E-state index contributed by atoms with van der Waals surface area (Å²) >= 11 is 0. The Hall–Kier alpha value is -8.14. The first kappa shape index (κ1) is 57.4. The Morgan fingerprint density at radius 3 is 2.22 bits per heavy atom. The molecule has 0 saturated carbocycles. The van der Waals surface area contributed by atoms with E-state index in [1.54, 1.807) is 50.2 Å². The average Bonchev–Trinajstić information content (AvgIpc) is 3.87. The van der Waals surface area contributed by atoms with Gasteiger partial charge in [-0.3, -0.25) is 33.7 Å². The molecular formula is C51H66FN11O10. The number of carbonyl (C=O) groups excluding carboxylic acids is 6. The van der Waals surface area contributed by atoms with Crippen LogP contribution in [0.1, 0.15) is 106 Å². The smallest absolute Gasteiger partial charge is 0.450 e. The molecule has 392 valence electrons. The van der Waals surface area contributed by atoms with Crippen LogP contribution < -0.4 is 44.1 Å². The number of rotatable bonds is 21. The van der Waals surface area contributed by atoms with Crippen LogP contribution in [0, 0.1) is 19.7 Å². The maximum Gasteiger partial charge on any atom is 0.506 e. The van der Waals surface area contributed by atoms with Crippen LogP contribution in [-0.2, 0) is 48.4 Å². The lowest BCUT2D eigenvalue weighted by atomic mass is 9.98. The number of carbonyl (C=O) groups is 7. The van der Waals surface area contributed by atoms with E-state index in [4.69, 9.17) is 32.1 Å². The van der Waals surface area contributed by atoms with Crippen molar-refractivity contribution in [2.45, 2.75) is 112 Å². The van der Waals surface area contributed by atoms with E-state index in [9.17, 15) is 42.7 Å². The number of nitrogens with two attached hydrogens (primary N) is 3. The predicted octanol–water partition coefficient (Wildman–Crippen LogP) is 4.92. The normalized spacial score (nSPS) is 12.7. The van der Waals surface area contributed by atoms with Crippen molar-refractivity contribution in [1.82, 2.24) is 35.4 Å². The highest BCUT2D eigenvalue weighted by Gasteiger charge is 2.29. The van der Waals surface area contributed by atoms with Crippen molar-refractivity contribution >= 4 is 64.0 Å². The number of aryl methyl sites for hydroxylation is 2. The first-order valence-corrected chi connectivity index (χ1v) is 24.0. The third-order valence-electron chi connectivity index (χ3n) is 11.4. The van der Waals surface area contributed by atoms with E-state index < -0.39 is 60.5 Å². The molecular weight excluding hydrogens is 946 g/mol. The van der Waals surface area contributed by atoms with E-state index >= 15 is 0 Å². The lowest BCUT2D eigenvalue weighted by Gasteiger charge is -2.20. The van der Waals surface area contributed by atoms with E-state index in [2.05, 4.69) is 35.1 Å². The summed E-state index contributed by atoms with van der Waals surface area (Å²) in [5.74, 6) is 3.76. The van der Waals surface area contributed by atoms with Crippen LogP contribution in [0.2, 0.25) is 0 Å². The molecule has 6 rings (SSSR count). The number of fused-ring (bicyclic) bond motifs is 4. The second kappa shape index (κ2) is 27.5. The van der Waals surface area contributed by atoms with E-state index in [-0.39, 0.29) is 68.5 Å². The number of urea groups is 1. The largest absolute Gasteiger partial charge is 0.506 e. The summed E-state index contributed by atoms with van der Waals surface area (Å²) in [5.41, 5.74) is 16.0. The van der Waals surface area contributed by atoms with Gasteiger partial charge in [-0.05, 0) is 86.1 Å². The molecule has 1 atom stereocenters. The number of nitrogens with zero attached hydrogens (tertiary/aromatic N) is 4. The minimum Gasteiger partial charge on any atom is -0.450 e. The molecule has 4 heterocycles. The van der Waals surface area contributed by atoms with Crippen LogP contribution >= 0.6 is 0 Å². The molecule has 2 aliphatic rings. The monoisotopic (exact) mass is 1010 g/mol. The summed E-state index contributed by atoms with van der Waals surface area (Å²) in [7, 11) is 0. The number of aromatic nitrogens is 2. The van der Waals surface area contributed by atoms with E-state index in [1.807, 2.05) is 13.8 Å². The molecule has 0 radical (unpaired) electrons. The minimum absolute atomic E-state index is 0.0506. The van der Waals surface area contributed by atoms with Gasteiger partial charge in [0, 0.05) is 60.6 Å². The van der Waals surface area contributed by atoms with Gasteiger partial charge in [-0.25, -0.2) is 24.8 Å². The van der Waals surface area contributed by atoms with Gasteiger partial charge in [-0.2, -0.15) is 0 Å². The number of hydrogen-bond donors (Lipinski definition) is 8. The van der Waals surface area contributed by atoms with Gasteiger partial charge in [0.05, 0.1) is 47.8 Å². The molecule has 22 heteroatoms. The SMILES string of the molecule is CC.CCC.Cc1cc2c(CN(N)/C=C(\N)c3ccc(NC(=O)[C@@H](CCCNC(N)=O)NC(=O)CNC(=O)CCCCCN4C(=O)C=CC4=O)cc3)c3c(nc2cc1F)-c1cc(C)c(COC(=O)O)c(=O)n1C3. The van der Waals surface area contributed by atoms with Crippen molar-refractivity contribution in [2.75, 3.05) is 25.0 Å². The van der Waals surface area contributed by atoms with Gasteiger partial charge >= 0.3 is 12.2 Å². The van der Waals surface area contributed by atoms with Gasteiger partial charge in [-0.1, -0.05) is 52.7 Å². The lowest BCUT2D eigenvalue weighted by Crippen LogP contribution is -2.47. The highest BCUT2D eigenvalue weighted by molar-refractivity contribution is 6.12. The molecule has 2 aromatic heterocycles. The first-order chi connectivity index (χ1) is 34.8. The third-order valence-corrected chi connectivity index (χ3v) is 11.4. The number of hydrazine groups is 1. The number of halogens is 1. The Balaban J connectivity index is 0.00000223. The van der Waals surface area contributed by atoms with Crippen LogP contribution in [0.5, 0.6) is 0 Å². The number of amides is 7. The number of ether oxygens (including phenoxy) is 1. The molecule has 21 nitrogen and oxygen atoms in total. The van der Waals surface area contributed by atoms with Crippen LogP contribution in [0.4, 0.5) is 19.7 Å². The predicted molar refractivity (Wildman–Crippen MR) is 273 cm³/mol. The molecule has 0 aliphatic carbocycles. The maximum atomic E-state index is 14.9. The van der Waals surface area contributed by atoms with Crippen molar-refractivity contribution in [3.8, 4) is 11.4 Å². The quantitative estimate of drug-likeness (QED) is 0.0159. The molecule has 7 amide bonds. The molecule has 0 fully saturated rings. The fraction of sp³-hybridized carbons (Fsp3) is 0.392. The van der Waals surface area contributed by atoms with Crippen LogP contribution in [0.15, 0.2) is 65.6 Å². The van der Waals surface area contributed by atoms with Crippen LogP contribution in [0.25, 0.3) is 28.0 Å². The number of benzene rings is 2. The Morgan fingerprint density at radius 2 is 1.58 bits per heavy atom. The van der Waals surface area contributed by atoms with Gasteiger partial charge in [0.25, 0.3) is 17.4 Å². The minimum atomic E-state index is -1.52. The van der Waals surface area contributed by atoms with Gasteiger partial charge < -0.3 is 52.2 Å². The lowest BCUT2D eigenvalue weighted by molar-refractivity contribution is -0.137. The number of hydrogen-bond acceptors (Lipinski definition) is 13. The second-order valence-electron chi connectivity index (χ2n) is 17.0. The summed E-state index contributed by atoms with van der Waals surface area (Å²) in [6, 6.07) is 9.34. The summed E-state index contributed by atoms with van der Waals surface area (Å²) in [5, 5.41) is 21.3. The zero-order valence-corrected chi connectivity index (χ0v) is 42.1. The number of nitrogens with one attached hydrogen (secondary N) is 4. The number of anilines is 1. The van der Waals surface area contributed by atoms with Crippen molar-refractivity contribution < 1.29 is 47.8 Å². The highest BCUT2D eigenvalue weighted by atomic mass is 19.1. The molecule has 11 N–H and O–H groups in total. The van der Waals surface area contributed by atoms with Crippen molar-refractivity contribution in [3.05, 3.63) is 110 Å². The maximum absolute atomic E-state index is 14.9. The molecule has 0 saturated heterocycles. The van der Waals surface area contributed by atoms with Gasteiger partial charge in [0.2, 0.25) is 17.7 Å². The number of unbranched alkanes of at least 4 members (excludes halogenated alkanes) is 2. The first-order valence-electron chi connectivity index (χ1n) is 24.0. The van der Waals surface area contributed by atoms with Gasteiger partial charge in [0.15, 0.2) is 0 Å². The van der Waals surface area contributed by atoms with Gasteiger partial charge in [-0.15, -0.1) is 0 Å². The Morgan fingerprint density at radius 1 is 0.904 bits per heavy atom. The van der Waals surface area contributed by atoms with E-state index in [0.717, 1.165) is 4.90 Å². The zero-order chi connectivity index (χ0) is 53.9. The number of primary amides is 1. The summed E-state index contributed by atoms with van der Waals surface area (Å²) in [4.78, 5) is 104. The summed E-state index contributed by atoms with van der Waals surface area (Å²) in [6.07, 6.45) is 5.69. The fourth-order valence-electron chi connectivity index (χ4n) is 7.83. The molecule has 0 bridgehead atoms. The number of carboxylic acid groups (broad SMARTS) is 1. The van der Waals surface area contributed by atoms with Crippen LogP contribution in [0.3, 0.4) is 0 Å². The molecule has 73 heavy (non-hydrogen) atoms. The summed E-state index contributed by atoms with van der Waals surface area (Å²) in [6.45, 7) is 11.2. The highest BCUT2D eigenvalue weighted by Crippen LogP contribution is 2.37. The third kappa shape index (κ3) is 15.9. The van der Waals surface area contributed by atoms with Gasteiger partial charge in [0.1, 0.15) is 18.5 Å². The Bertz CT molecular complexity index is 2790. The molecule has 0 unspecified atom stereocenters. The number of imide groups is 1. The molecule has 4 aromatic rings. The van der Waals surface area contributed by atoms with E-state index in [1.165, 1.54) is 40.4 Å². The Labute approximate surface area is 422 Å². The fourth-order valence-corrected chi connectivity index (χ4v) is 7.83. The molecule has 0 spiro atoms. The number of pyridine rings is 2. The zero-order valence-electron chi connectivity index (χ0n) is 42.1. The van der Waals surface area contributed by atoms with Crippen molar-refractivity contribution in [2.24, 2.45) is 17.3 Å². The second-order valence-corrected chi connectivity index (χ2v) is 17.0. The standard InChI is InChI=1S/C46H52FN11O10.C3H8.C2H6/c1-25-18-37-42-31(22-58(37)44(64)32(25)24-68-46(66)67)30(29-17-26(2)33(47)19-36(29)55-42)21-56(50)23-34(48)27-9-11-28(12-10-27)53-43(63)35(7-6-15-51-45(49)65)54-39(60)20-52-38(59)8-4-3-5-16-57-40(61)13-14-41(57)62;1-3-2;1-2/h9-14,17-19,23,35H,3-8,15-16,20-22,24,48,50H2,1-2H3,(H,52,59)(H,53,63)(H,54,60)(H,66,67)(H3,49,51,65);3H2,1-2H3;1-2H3/b34-23-;;/t35-;;/m1../s1. The summed E-state index contributed by atoms with van der Waals surface area (Å²) < 4.78 is 21.1. The van der Waals surface area contributed by atoms with E-state index in [0.29, 0.717) is 75.1 Å². The van der Waals surface area contributed by atoms with Crippen molar-refractivity contribution in [1.29, 1.82) is 0 Å². The molecule has 2 aliphatic heterocycles. The van der Waals surface area contributed by atoms with Crippen molar-refractivity contribution in [3.63, 3.8) is 0 Å². The Kier molecular flexibility index (Phi) is 21.6.